The van der Waals surface area contributed by atoms with Crippen molar-refractivity contribution >= 4 is 0 Å². The summed E-state index contributed by atoms with van der Waals surface area (Å²) in [4.78, 5) is 0. The molecule has 0 spiro atoms. The lowest BCUT2D eigenvalue weighted by Crippen LogP contribution is -2.48. The van der Waals surface area contributed by atoms with Crippen molar-refractivity contribution in [2.45, 2.75) is 103 Å². The maximum atomic E-state index is 11.0. The first-order valence-corrected chi connectivity index (χ1v) is 10.9. The SMILES string of the molecule is C[C@@H](CO)C[C@H](C)/C=C/C[C@H](C)[C@@H](O)[C@]1(C)CC[C@H]([C@]2(C)COC(C)(C)O2)O1. The van der Waals surface area contributed by atoms with Crippen molar-refractivity contribution in [3.63, 3.8) is 0 Å². The third kappa shape index (κ3) is 5.79. The number of aliphatic hydroxyl groups excluding tert-OH is 2. The van der Waals surface area contributed by atoms with Crippen molar-refractivity contribution in [3.8, 4) is 0 Å². The van der Waals surface area contributed by atoms with E-state index in [1.54, 1.807) is 0 Å². The fourth-order valence-corrected chi connectivity index (χ4v) is 4.65. The number of allylic oxidation sites excluding steroid dienone is 2. The molecule has 28 heavy (non-hydrogen) atoms. The van der Waals surface area contributed by atoms with Gasteiger partial charge >= 0.3 is 0 Å². The lowest BCUT2D eigenvalue weighted by Gasteiger charge is -2.37. The number of hydrogen-bond donors (Lipinski definition) is 2. The molecule has 7 atom stereocenters. The van der Waals surface area contributed by atoms with E-state index < -0.39 is 23.1 Å². The molecule has 5 nitrogen and oxygen atoms in total. The van der Waals surface area contributed by atoms with Crippen molar-refractivity contribution < 1.29 is 24.4 Å². The van der Waals surface area contributed by atoms with Crippen LogP contribution in [0.5, 0.6) is 0 Å². The third-order valence-electron chi connectivity index (χ3n) is 6.40. The molecule has 2 aliphatic heterocycles. The normalized spacial score (nSPS) is 37.2. The fourth-order valence-electron chi connectivity index (χ4n) is 4.65. The summed E-state index contributed by atoms with van der Waals surface area (Å²) >= 11 is 0. The summed E-state index contributed by atoms with van der Waals surface area (Å²) in [5.74, 6) is 0.265. The molecule has 0 saturated carbocycles. The van der Waals surface area contributed by atoms with E-state index in [1.165, 1.54) is 0 Å². The van der Waals surface area contributed by atoms with Crippen LogP contribution in [0.4, 0.5) is 0 Å². The van der Waals surface area contributed by atoms with Gasteiger partial charge in [0.1, 0.15) is 5.60 Å². The van der Waals surface area contributed by atoms with Gasteiger partial charge in [-0.2, -0.15) is 0 Å². The van der Waals surface area contributed by atoms with Crippen LogP contribution in [0.3, 0.4) is 0 Å². The molecule has 0 unspecified atom stereocenters. The molecule has 0 amide bonds. The van der Waals surface area contributed by atoms with E-state index in [4.69, 9.17) is 14.2 Å². The lowest BCUT2D eigenvalue weighted by atomic mass is 9.85. The van der Waals surface area contributed by atoms with E-state index in [9.17, 15) is 10.2 Å². The summed E-state index contributed by atoms with van der Waals surface area (Å²) in [5.41, 5.74) is -1.03. The van der Waals surface area contributed by atoms with Gasteiger partial charge in [-0.1, -0.05) is 32.9 Å². The first kappa shape index (κ1) is 23.8. The number of rotatable bonds is 9. The van der Waals surface area contributed by atoms with E-state index in [1.807, 2.05) is 27.7 Å². The number of ether oxygens (including phenoxy) is 3. The Morgan fingerprint density at radius 2 is 1.82 bits per heavy atom. The van der Waals surface area contributed by atoms with E-state index >= 15 is 0 Å². The highest BCUT2D eigenvalue weighted by Crippen LogP contribution is 2.44. The fraction of sp³-hybridized carbons (Fsp3) is 0.913. The Labute approximate surface area is 171 Å². The van der Waals surface area contributed by atoms with Crippen LogP contribution in [0.1, 0.15) is 74.1 Å². The standard InChI is InChI=1S/C23H42O5/c1-16(13-17(2)14-24)9-8-10-18(3)20(25)22(6)12-11-19(27-22)23(7)15-26-21(4,5)28-23/h8-9,16-20,24-25H,10-15H2,1-7H3/b9-8+/t16-,17-,18+,19-,20-,22+,23+/m1/s1. The summed E-state index contributed by atoms with van der Waals surface area (Å²) < 4.78 is 18.3. The van der Waals surface area contributed by atoms with Crippen molar-refractivity contribution in [1.82, 2.24) is 0 Å². The second-order valence-corrected chi connectivity index (χ2v) is 10.1. The maximum absolute atomic E-state index is 11.0. The minimum absolute atomic E-state index is 0.0725. The van der Waals surface area contributed by atoms with Gasteiger partial charge in [-0.15, -0.1) is 0 Å². The average Bonchev–Trinajstić information content (AvgIpc) is 3.15. The third-order valence-corrected chi connectivity index (χ3v) is 6.40. The molecule has 2 N–H and O–H groups in total. The zero-order valence-electron chi connectivity index (χ0n) is 18.9. The maximum Gasteiger partial charge on any atom is 0.163 e. The van der Waals surface area contributed by atoms with E-state index in [0.29, 0.717) is 18.4 Å². The van der Waals surface area contributed by atoms with Gasteiger partial charge in [0.25, 0.3) is 0 Å². The lowest BCUT2D eigenvalue weighted by molar-refractivity contribution is -0.204. The number of hydrogen-bond acceptors (Lipinski definition) is 5. The molecule has 0 aromatic heterocycles. The molecule has 164 valence electrons. The topological polar surface area (TPSA) is 68.2 Å². The molecule has 0 aromatic carbocycles. The van der Waals surface area contributed by atoms with Crippen LogP contribution in [0.2, 0.25) is 0 Å². The molecule has 2 fully saturated rings. The quantitative estimate of drug-likeness (QED) is 0.573. The van der Waals surface area contributed by atoms with Crippen LogP contribution in [0, 0.1) is 17.8 Å². The second kappa shape index (κ2) is 9.13. The Balaban J connectivity index is 1.88. The minimum atomic E-state index is -0.585. The largest absolute Gasteiger partial charge is 0.396 e. The molecule has 0 aliphatic carbocycles. The Morgan fingerprint density at radius 1 is 1.14 bits per heavy atom. The molecular formula is C23H42O5. The molecule has 0 radical (unpaired) electrons. The van der Waals surface area contributed by atoms with Crippen LogP contribution in [-0.2, 0) is 14.2 Å². The van der Waals surface area contributed by atoms with Crippen molar-refractivity contribution in [3.05, 3.63) is 12.2 Å². The highest BCUT2D eigenvalue weighted by molar-refractivity contribution is 5.02. The minimum Gasteiger partial charge on any atom is -0.396 e. The second-order valence-electron chi connectivity index (χ2n) is 10.1. The Bertz CT molecular complexity index is 533. The first-order valence-electron chi connectivity index (χ1n) is 10.9. The van der Waals surface area contributed by atoms with Gasteiger partial charge in [-0.05, 0) is 71.1 Å². The van der Waals surface area contributed by atoms with Gasteiger partial charge in [0.2, 0.25) is 0 Å². The predicted octanol–water partition coefficient (Wildman–Crippen LogP) is 4.06. The first-order chi connectivity index (χ1) is 12.9. The van der Waals surface area contributed by atoms with Gasteiger partial charge in [-0.3, -0.25) is 0 Å². The summed E-state index contributed by atoms with van der Waals surface area (Å²) in [6.45, 7) is 15.0. The van der Waals surface area contributed by atoms with Gasteiger partial charge in [0, 0.05) is 6.61 Å². The van der Waals surface area contributed by atoms with Gasteiger partial charge in [-0.25, -0.2) is 0 Å². The Hall–Kier alpha value is -0.460. The molecule has 0 aromatic rings. The van der Waals surface area contributed by atoms with E-state index in [-0.39, 0.29) is 18.6 Å². The number of aliphatic hydroxyl groups is 2. The Kier molecular flexibility index (Phi) is 7.77. The monoisotopic (exact) mass is 398 g/mol. The summed E-state index contributed by atoms with van der Waals surface area (Å²) in [6, 6.07) is 0. The molecule has 2 saturated heterocycles. The van der Waals surface area contributed by atoms with Crippen molar-refractivity contribution in [2.24, 2.45) is 17.8 Å². The van der Waals surface area contributed by atoms with Crippen LogP contribution >= 0.6 is 0 Å². The van der Waals surface area contributed by atoms with Gasteiger partial charge in [0.05, 0.1) is 24.4 Å². The van der Waals surface area contributed by atoms with Crippen LogP contribution in [0.25, 0.3) is 0 Å². The summed E-state index contributed by atoms with van der Waals surface area (Å²) in [5, 5.41) is 20.2. The van der Waals surface area contributed by atoms with Crippen LogP contribution < -0.4 is 0 Å². The molecule has 2 aliphatic rings. The van der Waals surface area contributed by atoms with Crippen molar-refractivity contribution in [2.75, 3.05) is 13.2 Å². The van der Waals surface area contributed by atoms with Gasteiger partial charge in [0.15, 0.2) is 5.79 Å². The highest BCUT2D eigenvalue weighted by atomic mass is 16.8. The van der Waals surface area contributed by atoms with E-state index in [2.05, 4.69) is 32.9 Å². The van der Waals surface area contributed by atoms with Crippen LogP contribution in [0.15, 0.2) is 12.2 Å². The van der Waals surface area contributed by atoms with Crippen molar-refractivity contribution in [1.29, 1.82) is 0 Å². The zero-order valence-corrected chi connectivity index (χ0v) is 18.9. The highest BCUT2D eigenvalue weighted by Gasteiger charge is 2.54. The van der Waals surface area contributed by atoms with Gasteiger partial charge < -0.3 is 24.4 Å². The zero-order chi connectivity index (χ0) is 21.2. The average molecular weight is 399 g/mol. The molecule has 0 bridgehead atoms. The molecular weight excluding hydrogens is 356 g/mol. The molecule has 2 rings (SSSR count). The summed E-state index contributed by atoms with van der Waals surface area (Å²) in [6.07, 6.45) is 7.22. The van der Waals surface area contributed by atoms with E-state index in [0.717, 1.165) is 25.7 Å². The molecule has 2 heterocycles. The Morgan fingerprint density at radius 3 is 2.39 bits per heavy atom. The molecule has 5 heteroatoms. The smallest absolute Gasteiger partial charge is 0.163 e. The predicted molar refractivity (Wildman–Crippen MR) is 111 cm³/mol. The summed E-state index contributed by atoms with van der Waals surface area (Å²) in [7, 11) is 0. The van der Waals surface area contributed by atoms with Crippen LogP contribution in [-0.4, -0.2) is 52.6 Å².